The van der Waals surface area contributed by atoms with Gasteiger partial charge in [0.1, 0.15) is 10.6 Å². The van der Waals surface area contributed by atoms with E-state index in [1.54, 1.807) is 10.7 Å². The normalized spacial score (nSPS) is 25.4. The van der Waals surface area contributed by atoms with Gasteiger partial charge in [-0.25, -0.2) is 9.37 Å². The molecule has 0 radical (unpaired) electrons. The van der Waals surface area contributed by atoms with E-state index in [1.165, 1.54) is 11.8 Å². The molecule has 3 fully saturated rings. The van der Waals surface area contributed by atoms with Crippen molar-refractivity contribution >= 4 is 29.1 Å². The summed E-state index contributed by atoms with van der Waals surface area (Å²) in [5.41, 5.74) is 1.48. The fourth-order valence-corrected chi connectivity index (χ4v) is 6.99. The Morgan fingerprint density at radius 2 is 1.90 bits per heavy atom. The summed E-state index contributed by atoms with van der Waals surface area (Å²) in [5.74, 6) is 0.713. The van der Waals surface area contributed by atoms with Crippen LogP contribution in [-0.4, -0.2) is 48.6 Å². The molecule has 2 atom stereocenters. The van der Waals surface area contributed by atoms with Crippen LogP contribution < -0.4 is 4.90 Å². The maximum absolute atomic E-state index is 13.9. The number of carbonyl (C=O) groups is 1. The summed E-state index contributed by atoms with van der Waals surface area (Å²) in [6.45, 7) is 1.49. The van der Waals surface area contributed by atoms with Crippen molar-refractivity contribution in [2.45, 2.75) is 41.8 Å². The number of rotatable bonds is 2. The third kappa shape index (κ3) is 2.59. The van der Waals surface area contributed by atoms with Crippen molar-refractivity contribution in [1.82, 2.24) is 19.5 Å². The van der Waals surface area contributed by atoms with E-state index >= 15 is 0 Å². The molecular formula is C22H22FN5OS. The molecule has 154 valence electrons. The van der Waals surface area contributed by atoms with Crippen LogP contribution in [-0.2, 0) is 4.79 Å². The first-order chi connectivity index (χ1) is 14.7. The molecule has 0 saturated carbocycles. The van der Waals surface area contributed by atoms with Crippen LogP contribution in [0.4, 0.5) is 10.2 Å². The lowest BCUT2D eigenvalue weighted by atomic mass is 9.93. The monoisotopic (exact) mass is 423 g/mol. The average molecular weight is 424 g/mol. The number of anilines is 1. The van der Waals surface area contributed by atoms with Gasteiger partial charge in [0.05, 0.1) is 17.6 Å². The summed E-state index contributed by atoms with van der Waals surface area (Å²) >= 11 is 1.87. The summed E-state index contributed by atoms with van der Waals surface area (Å²) in [7, 11) is 0. The van der Waals surface area contributed by atoms with Crippen molar-refractivity contribution in [1.29, 1.82) is 0 Å². The Morgan fingerprint density at radius 3 is 2.70 bits per heavy atom. The number of fused-ring (bicyclic) bond motifs is 2. The second kappa shape index (κ2) is 6.70. The number of halogens is 1. The molecule has 3 saturated heterocycles. The minimum absolute atomic E-state index is 0.195. The molecule has 3 aliphatic rings. The number of aromatic nitrogens is 3. The number of piperidine rings is 1. The molecule has 6 nitrogen and oxygen atoms in total. The number of thioether (sulfide) groups is 1. The standard InChI is InChI=1S/C22H22FN5OS/c23-16-14-25-28-18(8-11-24-20(16)28)26-12-9-22(10-13-26)21(29)27-17(6-7-19(27)30-22)15-4-2-1-3-5-15/h1-5,8,11,14,17,19H,6-7,9-10,12-13H2. The largest absolute Gasteiger partial charge is 0.356 e. The van der Waals surface area contributed by atoms with Crippen LogP contribution in [0.25, 0.3) is 5.65 Å². The number of hydrogen-bond donors (Lipinski definition) is 0. The smallest absolute Gasteiger partial charge is 0.240 e. The molecule has 3 aliphatic heterocycles. The number of nitrogens with zero attached hydrogens (tertiary/aromatic N) is 5. The predicted molar refractivity (Wildman–Crippen MR) is 114 cm³/mol. The number of carbonyl (C=O) groups excluding carboxylic acids is 1. The van der Waals surface area contributed by atoms with E-state index in [0.29, 0.717) is 5.91 Å². The fraction of sp³-hybridized carbons (Fsp3) is 0.409. The van der Waals surface area contributed by atoms with Gasteiger partial charge in [-0.1, -0.05) is 30.3 Å². The molecule has 8 heteroatoms. The third-order valence-corrected chi connectivity index (χ3v) is 8.51. The molecule has 3 aromatic rings. The van der Waals surface area contributed by atoms with Crippen LogP contribution in [0.5, 0.6) is 0 Å². The van der Waals surface area contributed by atoms with Crippen LogP contribution in [0.1, 0.15) is 37.3 Å². The van der Waals surface area contributed by atoms with Gasteiger partial charge in [-0.05, 0) is 37.3 Å². The fourth-order valence-electron chi connectivity index (χ4n) is 5.24. The highest BCUT2D eigenvalue weighted by molar-refractivity contribution is 8.02. The van der Waals surface area contributed by atoms with E-state index in [9.17, 15) is 9.18 Å². The Bertz CT molecular complexity index is 1110. The van der Waals surface area contributed by atoms with Crippen molar-refractivity contribution in [3.8, 4) is 0 Å². The topological polar surface area (TPSA) is 53.7 Å². The van der Waals surface area contributed by atoms with Crippen molar-refractivity contribution < 1.29 is 9.18 Å². The lowest BCUT2D eigenvalue weighted by Crippen LogP contribution is -2.48. The second-order valence-electron chi connectivity index (χ2n) is 8.30. The first-order valence-electron chi connectivity index (χ1n) is 10.4. The molecule has 6 rings (SSSR count). The lowest BCUT2D eigenvalue weighted by Gasteiger charge is -2.38. The van der Waals surface area contributed by atoms with Crippen LogP contribution in [0.3, 0.4) is 0 Å². The Hall–Kier alpha value is -2.61. The Kier molecular flexibility index (Phi) is 4.06. The average Bonchev–Trinajstić information content (AvgIpc) is 3.44. The minimum atomic E-state index is -0.417. The molecule has 0 N–H and O–H groups in total. The molecule has 0 bridgehead atoms. The number of benzene rings is 1. The van der Waals surface area contributed by atoms with Gasteiger partial charge in [-0.2, -0.15) is 9.61 Å². The first-order valence-corrected chi connectivity index (χ1v) is 11.3. The van der Waals surface area contributed by atoms with E-state index < -0.39 is 5.82 Å². The van der Waals surface area contributed by atoms with Gasteiger partial charge in [-0.15, -0.1) is 11.8 Å². The summed E-state index contributed by atoms with van der Waals surface area (Å²) in [6.07, 6.45) is 6.49. The van der Waals surface area contributed by atoms with Gasteiger partial charge >= 0.3 is 0 Å². The van der Waals surface area contributed by atoms with Crippen LogP contribution >= 0.6 is 11.8 Å². The molecule has 2 aromatic heterocycles. The zero-order chi connectivity index (χ0) is 20.3. The zero-order valence-electron chi connectivity index (χ0n) is 16.4. The van der Waals surface area contributed by atoms with Crippen molar-refractivity contribution in [3.05, 3.63) is 60.2 Å². The van der Waals surface area contributed by atoms with Gasteiger partial charge in [0, 0.05) is 19.3 Å². The van der Waals surface area contributed by atoms with Crippen molar-refractivity contribution in [2.24, 2.45) is 0 Å². The van der Waals surface area contributed by atoms with E-state index in [2.05, 4.69) is 44.1 Å². The highest BCUT2D eigenvalue weighted by Crippen LogP contribution is 2.55. The maximum Gasteiger partial charge on any atom is 0.240 e. The van der Waals surface area contributed by atoms with E-state index in [4.69, 9.17) is 0 Å². The zero-order valence-corrected chi connectivity index (χ0v) is 17.3. The third-order valence-electron chi connectivity index (χ3n) is 6.74. The molecule has 1 spiro atoms. The highest BCUT2D eigenvalue weighted by atomic mass is 32.2. The summed E-state index contributed by atoms with van der Waals surface area (Å²) in [6, 6.07) is 12.5. The van der Waals surface area contributed by atoms with Crippen LogP contribution in [0.2, 0.25) is 0 Å². The summed E-state index contributed by atoms with van der Waals surface area (Å²) in [5, 5.41) is 4.42. The molecule has 1 aromatic carbocycles. The van der Waals surface area contributed by atoms with Gasteiger partial charge in [0.15, 0.2) is 11.5 Å². The summed E-state index contributed by atoms with van der Waals surface area (Å²) < 4.78 is 15.1. The lowest BCUT2D eigenvalue weighted by molar-refractivity contribution is -0.134. The number of amides is 1. The SMILES string of the molecule is O=C1N2C(CCC2c2ccccc2)SC12CCN(c1ccnc3c(F)cnn13)CC2. The summed E-state index contributed by atoms with van der Waals surface area (Å²) in [4.78, 5) is 22.1. The van der Waals surface area contributed by atoms with E-state index in [1.807, 2.05) is 23.9 Å². The minimum Gasteiger partial charge on any atom is -0.356 e. The Morgan fingerprint density at radius 1 is 1.10 bits per heavy atom. The van der Waals surface area contributed by atoms with Gasteiger partial charge in [0.25, 0.3) is 0 Å². The Labute approximate surface area is 178 Å². The molecular weight excluding hydrogens is 401 g/mol. The Balaban J connectivity index is 1.23. The van der Waals surface area contributed by atoms with Gasteiger partial charge in [0.2, 0.25) is 5.91 Å². The first kappa shape index (κ1) is 18.2. The quantitative estimate of drug-likeness (QED) is 0.630. The van der Waals surface area contributed by atoms with Crippen molar-refractivity contribution in [3.63, 3.8) is 0 Å². The van der Waals surface area contributed by atoms with Crippen LogP contribution in [0.15, 0.2) is 48.8 Å². The van der Waals surface area contributed by atoms with Crippen molar-refractivity contribution in [2.75, 3.05) is 18.0 Å². The molecule has 30 heavy (non-hydrogen) atoms. The van der Waals surface area contributed by atoms with Gasteiger partial charge in [-0.3, -0.25) is 4.79 Å². The maximum atomic E-state index is 13.9. The van der Waals surface area contributed by atoms with E-state index in [-0.39, 0.29) is 21.8 Å². The van der Waals surface area contributed by atoms with Crippen LogP contribution in [0, 0.1) is 5.82 Å². The highest BCUT2D eigenvalue weighted by Gasteiger charge is 2.57. The molecule has 0 aliphatic carbocycles. The molecule has 2 unspecified atom stereocenters. The number of hydrogen-bond acceptors (Lipinski definition) is 5. The van der Waals surface area contributed by atoms with E-state index in [0.717, 1.165) is 44.6 Å². The van der Waals surface area contributed by atoms with Gasteiger partial charge < -0.3 is 9.80 Å². The molecule has 1 amide bonds. The molecule has 5 heterocycles. The second-order valence-corrected chi connectivity index (χ2v) is 9.86. The predicted octanol–water partition coefficient (Wildman–Crippen LogP) is 3.64.